The molecule has 1 amide bonds. The van der Waals surface area contributed by atoms with Crippen LogP contribution >= 0.6 is 11.6 Å². The zero-order chi connectivity index (χ0) is 23.4. The number of aromatic nitrogens is 1. The van der Waals surface area contributed by atoms with E-state index < -0.39 is 11.5 Å². The van der Waals surface area contributed by atoms with Gasteiger partial charge in [-0.25, -0.2) is 4.39 Å². The van der Waals surface area contributed by atoms with E-state index in [9.17, 15) is 14.0 Å². The second-order valence-electron chi connectivity index (χ2n) is 7.60. The summed E-state index contributed by atoms with van der Waals surface area (Å²) in [5.41, 5.74) is 2.03. The summed E-state index contributed by atoms with van der Waals surface area (Å²) in [6, 6.07) is 20.3. The van der Waals surface area contributed by atoms with Gasteiger partial charge in [0.05, 0.1) is 19.2 Å². The predicted octanol–water partition coefficient (Wildman–Crippen LogP) is 4.82. The maximum Gasteiger partial charge on any atom is 0.264 e. The largest absolute Gasteiger partial charge is 0.497 e. The molecule has 3 aromatic carbocycles. The quantitative estimate of drug-likeness (QED) is 0.426. The summed E-state index contributed by atoms with van der Waals surface area (Å²) in [6.07, 6.45) is 0.514. The minimum absolute atomic E-state index is 0.0169. The lowest BCUT2D eigenvalue weighted by Crippen LogP contribution is -2.34. The Kier molecular flexibility index (Phi) is 6.75. The first-order valence-corrected chi connectivity index (χ1v) is 10.8. The number of ether oxygens (including phenoxy) is 1. The van der Waals surface area contributed by atoms with Gasteiger partial charge in [-0.2, -0.15) is 0 Å². The number of benzene rings is 3. The van der Waals surface area contributed by atoms with Crippen LogP contribution in [0.3, 0.4) is 0 Å². The number of pyridine rings is 1. The number of carbonyl (C=O) groups is 1. The molecule has 5 nitrogen and oxygen atoms in total. The van der Waals surface area contributed by atoms with Crippen molar-refractivity contribution >= 4 is 28.4 Å². The van der Waals surface area contributed by atoms with E-state index in [2.05, 4.69) is 5.32 Å². The Bertz CT molecular complexity index is 1350. The number of hydrogen-bond acceptors (Lipinski definition) is 3. The van der Waals surface area contributed by atoms with Gasteiger partial charge in [0.1, 0.15) is 17.1 Å². The third-order valence-corrected chi connectivity index (χ3v) is 5.77. The van der Waals surface area contributed by atoms with Gasteiger partial charge in [0.15, 0.2) is 0 Å². The Hall–Kier alpha value is -3.64. The van der Waals surface area contributed by atoms with Crippen LogP contribution in [0.4, 0.5) is 4.39 Å². The lowest BCUT2D eigenvalue weighted by molar-refractivity contribution is 0.0952. The van der Waals surface area contributed by atoms with Crippen molar-refractivity contribution in [1.82, 2.24) is 9.88 Å². The molecular weight excluding hydrogens is 443 g/mol. The van der Waals surface area contributed by atoms with Gasteiger partial charge in [0.2, 0.25) is 0 Å². The van der Waals surface area contributed by atoms with E-state index in [1.54, 1.807) is 35.9 Å². The Morgan fingerprint density at radius 2 is 1.73 bits per heavy atom. The second-order valence-corrected chi connectivity index (χ2v) is 8.01. The smallest absolute Gasteiger partial charge is 0.264 e. The minimum Gasteiger partial charge on any atom is -0.497 e. The summed E-state index contributed by atoms with van der Waals surface area (Å²) in [7, 11) is 1.59. The summed E-state index contributed by atoms with van der Waals surface area (Å²) in [5.74, 6) is -0.0751. The second kappa shape index (κ2) is 9.88. The number of halogens is 2. The molecule has 0 aliphatic heterocycles. The Labute approximate surface area is 195 Å². The number of carbonyl (C=O) groups excluding carboxylic acids is 1. The van der Waals surface area contributed by atoms with E-state index in [0.717, 1.165) is 11.1 Å². The highest BCUT2D eigenvalue weighted by Crippen LogP contribution is 2.24. The SMILES string of the molecule is COc1ccc(Cn2c(=O)c(C(=O)NCCc3ccc(F)cc3)cc3c(Cl)cccc32)cc1. The lowest BCUT2D eigenvalue weighted by atomic mass is 10.1. The highest BCUT2D eigenvalue weighted by atomic mass is 35.5. The topological polar surface area (TPSA) is 60.3 Å². The molecule has 7 heteroatoms. The number of nitrogens with one attached hydrogen (secondary N) is 1. The number of fused-ring (bicyclic) bond motifs is 1. The number of methoxy groups -OCH3 is 1. The van der Waals surface area contributed by atoms with Crippen LogP contribution in [0, 0.1) is 5.82 Å². The van der Waals surface area contributed by atoms with Gasteiger partial charge in [-0.1, -0.05) is 41.9 Å². The van der Waals surface area contributed by atoms with E-state index in [0.29, 0.717) is 34.6 Å². The fourth-order valence-electron chi connectivity index (χ4n) is 3.66. The van der Waals surface area contributed by atoms with Crippen LogP contribution in [-0.4, -0.2) is 24.1 Å². The number of hydrogen-bond donors (Lipinski definition) is 1. The molecule has 1 N–H and O–H groups in total. The predicted molar refractivity (Wildman–Crippen MR) is 128 cm³/mol. The van der Waals surface area contributed by atoms with E-state index in [1.165, 1.54) is 18.2 Å². The zero-order valence-electron chi connectivity index (χ0n) is 18.0. The molecule has 4 aromatic rings. The zero-order valence-corrected chi connectivity index (χ0v) is 18.7. The molecule has 0 unspecified atom stereocenters. The molecule has 0 aliphatic carbocycles. The van der Waals surface area contributed by atoms with Crippen molar-refractivity contribution in [3.8, 4) is 5.75 Å². The average molecular weight is 465 g/mol. The first kappa shape index (κ1) is 22.6. The van der Waals surface area contributed by atoms with Gasteiger partial charge in [-0.15, -0.1) is 0 Å². The van der Waals surface area contributed by atoms with Gasteiger partial charge in [0, 0.05) is 17.0 Å². The van der Waals surface area contributed by atoms with Gasteiger partial charge < -0.3 is 14.6 Å². The molecule has 168 valence electrons. The molecular formula is C26H22ClFN2O3. The number of amides is 1. The Morgan fingerprint density at radius 3 is 2.42 bits per heavy atom. The van der Waals surface area contributed by atoms with Crippen LogP contribution in [0.1, 0.15) is 21.5 Å². The molecule has 0 saturated heterocycles. The van der Waals surface area contributed by atoms with Crippen molar-refractivity contribution in [2.45, 2.75) is 13.0 Å². The summed E-state index contributed by atoms with van der Waals surface area (Å²) in [4.78, 5) is 26.2. The maximum absolute atomic E-state index is 13.3. The van der Waals surface area contributed by atoms with Crippen molar-refractivity contribution < 1.29 is 13.9 Å². The first-order valence-electron chi connectivity index (χ1n) is 10.4. The molecule has 0 saturated carbocycles. The highest BCUT2D eigenvalue weighted by molar-refractivity contribution is 6.35. The Morgan fingerprint density at radius 1 is 1.03 bits per heavy atom. The summed E-state index contributed by atoms with van der Waals surface area (Å²) < 4.78 is 19.8. The molecule has 33 heavy (non-hydrogen) atoms. The van der Waals surface area contributed by atoms with Crippen molar-refractivity contribution in [3.63, 3.8) is 0 Å². The van der Waals surface area contributed by atoms with Crippen LogP contribution in [-0.2, 0) is 13.0 Å². The van der Waals surface area contributed by atoms with Crippen molar-refractivity contribution in [1.29, 1.82) is 0 Å². The summed E-state index contributed by atoms with van der Waals surface area (Å²) in [5, 5.41) is 3.86. The van der Waals surface area contributed by atoms with Crippen molar-refractivity contribution in [2.24, 2.45) is 0 Å². The molecule has 0 bridgehead atoms. The molecule has 0 atom stereocenters. The third-order valence-electron chi connectivity index (χ3n) is 5.44. The third kappa shape index (κ3) is 5.07. The molecule has 1 heterocycles. The summed E-state index contributed by atoms with van der Waals surface area (Å²) >= 11 is 6.40. The maximum atomic E-state index is 13.3. The van der Waals surface area contributed by atoms with E-state index >= 15 is 0 Å². The van der Waals surface area contributed by atoms with E-state index in [4.69, 9.17) is 16.3 Å². The number of rotatable bonds is 7. The van der Waals surface area contributed by atoms with Crippen LogP contribution in [0.2, 0.25) is 5.02 Å². The standard InChI is InChI=1S/C26H22ClFN2O3/c1-33-20-11-7-18(8-12-20)16-30-24-4-2-3-23(27)21(24)15-22(26(30)32)25(31)29-14-13-17-5-9-19(28)10-6-17/h2-12,15H,13-14,16H2,1H3,(H,29,31). The normalized spacial score (nSPS) is 10.9. The van der Waals surface area contributed by atoms with E-state index in [1.807, 2.05) is 30.3 Å². The Balaban J connectivity index is 1.64. The average Bonchev–Trinajstić information content (AvgIpc) is 2.82. The van der Waals surface area contributed by atoms with Gasteiger partial charge >= 0.3 is 0 Å². The highest BCUT2D eigenvalue weighted by Gasteiger charge is 2.17. The van der Waals surface area contributed by atoms with Crippen LogP contribution in [0.5, 0.6) is 5.75 Å². The fraction of sp³-hybridized carbons (Fsp3) is 0.154. The molecule has 4 rings (SSSR count). The van der Waals surface area contributed by atoms with Gasteiger partial charge in [-0.3, -0.25) is 9.59 Å². The first-order chi connectivity index (χ1) is 16.0. The van der Waals surface area contributed by atoms with Crippen LogP contribution in [0.15, 0.2) is 77.6 Å². The molecule has 0 aliphatic rings. The summed E-state index contributed by atoms with van der Waals surface area (Å²) in [6.45, 7) is 0.583. The fourth-order valence-corrected chi connectivity index (χ4v) is 3.89. The number of nitrogens with zero attached hydrogens (tertiary/aromatic N) is 1. The molecule has 1 aromatic heterocycles. The molecule has 0 fully saturated rings. The van der Waals surface area contributed by atoms with Gasteiger partial charge in [0.25, 0.3) is 11.5 Å². The minimum atomic E-state index is -0.479. The molecule has 0 radical (unpaired) electrons. The molecule has 0 spiro atoms. The van der Waals surface area contributed by atoms with E-state index in [-0.39, 0.29) is 17.9 Å². The van der Waals surface area contributed by atoms with Crippen LogP contribution in [0.25, 0.3) is 10.9 Å². The lowest BCUT2D eigenvalue weighted by Gasteiger charge is -2.14. The van der Waals surface area contributed by atoms with Crippen LogP contribution < -0.4 is 15.6 Å². The van der Waals surface area contributed by atoms with Crippen molar-refractivity contribution in [3.05, 3.63) is 111 Å². The van der Waals surface area contributed by atoms with Crippen molar-refractivity contribution in [2.75, 3.05) is 13.7 Å². The monoisotopic (exact) mass is 464 g/mol. The van der Waals surface area contributed by atoms with Gasteiger partial charge in [-0.05, 0) is 60.0 Å².